The number of hydrogen-bond donors (Lipinski definition) is 3. The number of aromatic nitrogens is 1. The molecule has 62 heavy (non-hydrogen) atoms. The predicted octanol–water partition coefficient (Wildman–Crippen LogP) is 5.04. The number of nitrogens with zero attached hydrogens (tertiary/aromatic N) is 4. The lowest BCUT2D eigenvalue weighted by Crippen LogP contribution is -2.66. The van der Waals surface area contributed by atoms with Crippen LogP contribution < -0.4 is 19.7 Å². The summed E-state index contributed by atoms with van der Waals surface area (Å²) in [4.78, 5) is 65.6. The van der Waals surface area contributed by atoms with Gasteiger partial charge in [-0.15, -0.1) is 0 Å². The van der Waals surface area contributed by atoms with Gasteiger partial charge in [0.25, 0.3) is 11.8 Å². The van der Waals surface area contributed by atoms with Gasteiger partial charge in [0.05, 0.1) is 31.6 Å². The molecule has 1 aromatic heterocycles. The van der Waals surface area contributed by atoms with Crippen LogP contribution in [0.15, 0.2) is 42.6 Å². The molecule has 4 fully saturated rings. The molecule has 15 nitrogen and oxygen atoms in total. The Hall–Kier alpha value is -4.65. The molecule has 3 N–H and O–H groups in total. The Bertz CT molecular complexity index is 2210. The van der Waals surface area contributed by atoms with Crippen LogP contribution in [0, 0.1) is 17.8 Å². The van der Waals surface area contributed by atoms with Gasteiger partial charge in [-0.05, 0) is 70.3 Å². The van der Waals surface area contributed by atoms with E-state index in [1.165, 1.54) is 0 Å². The lowest BCUT2D eigenvalue weighted by Gasteiger charge is -2.47. The largest absolute Gasteiger partial charge is 0.472 e. The molecule has 3 aliphatic heterocycles. The first-order chi connectivity index (χ1) is 29.2. The van der Waals surface area contributed by atoms with Crippen LogP contribution in [0.5, 0.6) is 5.88 Å². The van der Waals surface area contributed by atoms with E-state index >= 15 is 13.6 Å². The maximum Gasteiger partial charge on any atom is 0.408 e. The third-order valence-electron chi connectivity index (χ3n) is 13.8. The molecule has 2 saturated carbocycles. The van der Waals surface area contributed by atoms with E-state index in [4.69, 9.17) is 9.47 Å². The van der Waals surface area contributed by atoms with Gasteiger partial charge in [-0.25, -0.2) is 31.4 Å². The summed E-state index contributed by atoms with van der Waals surface area (Å²) in [5.74, 6) is -7.83. The molecular weight excluding hydrogens is 834 g/mol. The van der Waals surface area contributed by atoms with Crippen molar-refractivity contribution in [1.29, 1.82) is 0 Å². The van der Waals surface area contributed by atoms with Gasteiger partial charge in [-0.3, -0.25) is 24.0 Å². The minimum absolute atomic E-state index is 0.00694. The smallest absolute Gasteiger partial charge is 0.408 e. The topological polar surface area (TPSA) is 188 Å². The first kappa shape index (κ1) is 45.4. The first-order valence-electron chi connectivity index (χ1n) is 21.4. The Labute approximate surface area is 359 Å². The molecule has 7 atom stereocenters. The second kappa shape index (κ2) is 16.8. The molecule has 0 unspecified atom stereocenters. The zero-order valence-corrected chi connectivity index (χ0v) is 36.6. The summed E-state index contributed by atoms with van der Waals surface area (Å²) >= 11 is 0. The zero-order chi connectivity index (χ0) is 45.0. The maximum atomic E-state index is 15.4. The van der Waals surface area contributed by atoms with Gasteiger partial charge in [0, 0.05) is 43.1 Å². The highest BCUT2D eigenvalue weighted by Gasteiger charge is 2.64. The number of fused-ring (bicyclic) bond motifs is 3. The van der Waals surface area contributed by atoms with Crippen molar-refractivity contribution >= 4 is 50.3 Å². The van der Waals surface area contributed by atoms with Crippen molar-refractivity contribution in [1.82, 2.24) is 24.8 Å². The second-order valence-corrected chi connectivity index (χ2v) is 20.5. The summed E-state index contributed by atoms with van der Waals surface area (Å²) in [6, 6.07) is 4.32. The molecule has 0 spiro atoms. The van der Waals surface area contributed by atoms with Crippen molar-refractivity contribution in [3.8, 4) is 5.88 Å². The number of allylic oxidation sites excluding steroid dienone is 1. The van der Waals surface area contributed by atoms with Gasteiger partial charge >= 0.3 is 6.09 Å². The number of benzene rings is 1. The average molecular weight is 891 g/mol. The van der Waals surface area contributed by atoms with Gasteiger partial charge in [0.1, 0.15) is 40.7 Å². The van der Waals surface area contributed by atoms with E-state index in [-0.39, 0.29) is 50.4 Å². The van der Waals surface area contributed by atoms with Crippen LogP contribution in [0.25, 0.3) is 10.8 Å². The molecule has 1 aromatic carbocycles. The molecule has 2 saturated heterocycles. The highest BCUT2D eigenvalue weighted by atomic mass is 32.2. The summed E-state index contributed by atoms with van der Waals surface area (Å²) in [7, 11) is -4.48. The molecule has 5 aliphatic rings. The number of carbonyl (C=O) groups excluding carboxylic acids is 3. The number of sulfonamides is 1. The Balaban J connectivity index is 1.28. The molecule has 7 rings (SSSR count). The van der Waals surface area contributed by atoms with Crippen molar-refractivity contribution in [2.24, 2.45) is 17.8 Å². The van der Waals surface area contributed by atoms with Gasteiger partial charge in [0.2, 0.25) is 27.7 Å². The third kappa shape index (κ3) is 8.42. The van der Waals surface area contributed by atoms with Crippen molar-refractivity contribution in [2.45, 2.75) is 119 Å². The van der Waals surface area contributed by atoms with Crippen LogP contribution >= 0.6 is 0 Å². The van der Waals surface area contributed by atoms with Crippen molar-refractivity contribution in [3.05, 3.63) is 42.6 Å². The fourth-order valence-electron chi connectivity index (χ4n) is 9.27. The molecule has 4 amide bonds. The second-order valence-electron chi connectivity index (χ2n) is 18.5. The number of amides is 4. The number of morpholine rings is 1. The lowest BCUT2D eigenvalue weighted by molar-refractivity contribution is -0.156. The van der Waals surface area contributed by atoms with E-state index in [0.717, 1.165) is 29.8 Å². The van der Waals surface area contributed by atoms with E-state index in [1.807, 2.05) is 42.0 Å². The summed E-state index contributed by atoms with van der Waals surface area (Å²) < 4.78 is 83.7. The fourth-order valence-corrected chi connectivity index (χ4v) is 10.7. The van der Waals surface area contributed by atoms with E-state index in [9.17, 15) is 32.3 Å². The molecule has 340 valence electrons. The average Bonchev–Trinajstić information content (AvgIpc) is 4.12. The number of rotatable bonds is 10. The molecule has 4 heterocycles. The van der Waals surface area contributed by atoms with Gasteiger partial charge in [-0.2, -0.15) is 0 Å². The minimum Gasteiger partial charge on any atom is -0.472 e. The summed E-state index contributed by atoms with van der Waals surface area (Å²) in [5.41, 5.74) is -3.32. The van der Waals surface area contributed by atoms with E-state index in [1.54, 1.807) is 19.2 Å². The summed E-state index contributed by atoms with van der Waals surface area (Å²) in [6.45, 7) is 7.14. The minimum atomic E-state index is -4.48. The van der Waals surface area contributed by atoms with Crippen molar-refractivity contribution in [3.63, 3.8) is 0 Å². The number of hydrogen-bond acceptors (Lipinski definition) is 10. The summed E-state index contributed by atoms with van der Waals surface area (Å²) in [5, 5.41) is 14.9. The fraction of sp³-hybridized carbons (Fsp3) is 0.651. The number of anilines is 1. The molecule has 2 aromatic rings. The Kier molecular flexibility index (Phi) is 12.3. The van der Waals surface area contributed by atoms with Gasteiger partial charge < -0.3 is 29.7 Å². The summed E-state index contributed by atoms with van der Waals surface area (Å²) in [6.07, 6.45) is 3.69. The SMILES string of the molecule is C[C@@H]1CC/C=C\[C@@H]2C[C@@]2(C(=O)NS(=O)(=O)C2(CF)CC2)NC(=O)[C@@H]2C[C@@H](Oc3ncc(N4CCOCC4)c4ccccc34)CN2C(=O)[C@@H](N(C(=O)O)C(C)(C)C(C)(F)F)[C@H](C)C1. The molecule has 0 bridgehead atoms. The van der Waals surface area contributed by atoms with Crippen molar-refractivity contribution in [2.75, 3.05) is 44.4 Å². The highest BCUT2D eigenvalue weighted by molar-refractivity contribution is 7.91. The first-order valence-corrected chi connectivity index (χ1v) is 22.8. The number of carboxylic acid groups (broad SMARTS) is 1. The van der Waals surface area contributed by atoms with Crippen LogP contribution in [0.1, 0.15) is 79.6 Å². The van der Waals surface area contributed by atoms with Crippen LogP contribution in [-0.4, -0.2) is 132 Å². The van der Waals surface area contributed by atoms with Gasteiger partial charge in [0.15, 0.2) is 0 Å². The molecule has 0 radical (unpaired) electrons. The van der Waals surface area contributed by atoms with E-state index in [0.29, 0.717) is 56.4 Å². The monoisotopic (exact) mass is 890 g/mol. The Morgan fingerprint density at radius 2 is 1.77 bits per heavy atom. The van der Waals surface area contributed by atoms with Crippen LogP contribution in [0.2, 0.25) is 0 Å². The number of carbonyl (C=O) groups is 4. The zero-order valence-electron chi connectivity index (χ0n) is 35.7. The molecular formula is C43H57F3N6O9S. The Morgan fingerprint density at radius 1 is 1.10 bits per heavy atom. The number of alkyl halides is 3. The van der Waals surface area contributed by atoms with Crippen LogP contribution in [0.4, 0.5) is 23.7 Å². The lowest BCUT2D eigenvalue weighted by atomic mass is 9.84. The number of ether oxygens (including phenoxy) is 2. The molecule has 19 heteroatoms. The van der Waals surface area contributed by atoms with Crippen molar-refractivity contribution < 1.29 is 55.3 Å². The number of nitrogens with one attached hydrogen (secondary N) is 2. The van der Waals surface area contributed by atoms with Crippen LogP contribution in [-0.2, 0) is 29.1 Å². The number of halogens is 3. The quantitative estimate of drug-likeness (QED) is 0.272. The predicted molar refractivity (Wildman–Crippen MR) is 223 cm³/mol. The number of pyridine rings is 1. The Morgan fingerprint density at radius 3 is 2.40 bits per heavy atom. The van der Waals surface area contributed by atoms with Crippen LogP contribution in [0.3, 0.4) is 0 Å². The molecule has 2 aliphatic carbocycles. The van der Waals surface area contributed by atoms with E-state index in [2.05, 4.69) is 15.2 Å². The maximum absolute atomic E-state index is 15.4. The van der Waals surface area contributed by atoms with E-state index < -0.39 is 92.3 Å². The normalized spacial score (nSPS) is 29.9. The highest BCUT2D eigenvalue weighted by Crippen LogP contribution is 2.48. The third-order valence-corrected chi connectivity index (χ3v) is 15.9. The van der Waals surface area contributed by atoms with Gasteiger partial charge in [-0.1, -0.05) is 44.2 Å². The standard InChI is InChI=1S/C43H57F3N6O9S/c1-26-10-6-7-11-28-22-43(28,38(55)49-62(58,59)42(25-44)14-15-42)48-35(53)32-21-29(61-36-31-13-9-8-12-30(31)33(23-47-36)50-16-18-60-19-17-50)24-51(32)37(54)34(27(2)20-26)52(39(56)57)40(3,4)41(5,45)46/h7-9,11-13,23,26-29,32,34H,6,10,14-22,24-25H2,1-5H3,(H,48,53)(H,49,55)(H,56,57)/b11-7-/t26-,27-,28-,29-,32+,34+,43-/m1/s1.